The van der Waals surface area contributed by atoms with Crippen LogP contribution >= 0.6 is 15.9 Å². The molecule has 0 bridgehead atoms. The van der Waals surface area contributed by atoms with Gasteiger partial charge in [0.05, 0.1) is 31.4 Å². The van der Waals surface area contributed by atoms with Crippen LogP contribution in [0.25, 0.3) is 16.5 Å². The van der Waals surface area contributed by atoms with Gasteiger partial charge in [-0.15, -0.1) is 0 Å². The molecule has 146 valence electrons. The molecule has 29 heavy (non-hydrogen) atoms. The molecule has 0 N–H and O–H groups in total. The number of fused-ring (bicyclic) bond motifs is 1. The van der Waals surface area contributed by atoms with Gasteiger partial charge in [-0.3, -0.25) is 4.79 Å². The van der Waals surface area contributed by atoms with Crippen molar-refractivity contribution in [2.45, 2.75) is 25.3 Å². The highest BCUT2D eigenvalue weighted by molar-refractivity contribution is 9.10. The Morgan fingerprint density at radius 1 is 1.17 bits per heavy atom. The van der Waals surface area contributed by atoms with E-state index in [-0.39, 0.29) is 5.56 Å². The van der Waals surface area contributed by atoms with Crippen LogP contribution < -0.4 is 10.3 Å². The number of rotatable bonds is 5. The highest BCUT2D eigenvalue weighted by Crippen LogP contribution is 2.39. The van der Waals surface area contributed by atoms with Gasteiger partial charge in [0.15, 0.2) is 0 Å². The van der Waals surface area contributed by atoms with Crippen LogP contribution in [0.1, 0.15) is 30.0 Å². The Morgan fingerprint density at radius 2 is 1.97 bits per heavy atom. The Bertz CT molecular complexity index is 1250. The molecule has 0 aliphatic heterocycles. The third-order valence-electron chi connectivity index (χ3n) is 5.43. The van der Waals surface area contributed by atoms with Crippen LogP contribution in [0.5, 0.6) is 5.75 Å². The Kier molecular flexibility index (Phi) is 4.51. The molecule has 0 radical (unpaired) electrons. The fraction of sp³-hybridized carbons (Fsp3) is 0.217. The Balaban J connectivity index is 1.54. The fourth-order valence-electron chi connectivity index (χ4n) is 3.60. The van der Waals surface area contributed by atoms with E-state index in [4.69, 9.17) is 4.74 Å². The first-order chi connectivity index (χ1) is 14.1. The summed E-state index contributed by atoms with van der Waals surface area (Å²) in [6, 6.07) is 13.7. The number of hydrogen-bond acceptors (Lipinski definition) is 3. The summed E-state index contributed by atoms with van der Waals surface area (Å²) >= 11 is 3.66. The zero-order chi connectivity index (χ0) is 20.0. The van der Waals surface area contributed by atoms with Gasteiger partial charge < -0.3 is 13.9 Å². The minimum atomic E-state index is -0.00500. The molecular formula is C23H20BrN3O2. The minimum absolute atomic E-state index is 0.00500. The van der Waals surface area contributed by atoms with Crippen LogP contribution in [0, 0.1) is 0 Å². The molecule has 1 saturated carbocycles. The summed E-state index contributed by atoms with van der Waals surface area (Å²) in [4.78, 5) is 17.7. The SMILES string of the molecule is COc1ccc(Cn2ccc3cc(Br)c(-n4cnc(C5CC5)c4)cc3c2=O)cc1. The third kappa shape index (κ3) is 3.49. The monoisotopic (exact) mass is 449 g/mol. The lowest BCUT2D eigenvalue weighted by Crippen LogP contribution is -2.20. The van der Waals surface area contributed by atoms with Crippen molar-refractivity contribution in [3.63, 3.8) is 0 Å². The number of hydrogen-bond donors (Lipinski definition) is 0. The van der Waals surface area contributed by atoms with Crippen molar-refractivity contribution < 1.29 is 4.74 Å². The molecular weight excluding hydrogens is 430 g/mol. The van der Waals surface area contributed by atoms with Crippen LogP contribution in [0.15, 0.2) is 70.5 Å². The number of nitrogens with zero attached hydrogens (tertiary/aromatic N) is 3. The fourth-order valence-corrected chi connectivity index (χ4v) is 4.17. The van der Waals surface area contributed by atoms with Crippen molar-refractivity contribution in [3.8, 4) is 11.4 Å². The molecule has 1 aliphatic rings. The van der Waals surface area contributed by atoms with Crippen LogP contribution in [-0.4, -0.2) is 21.2 Å². The topological polar surface area (TPSA) is 49.0 Å². The maximum atomic E-state index is 13.2. The minimum Gasteiger partial charge on any atom is -0.497 e. The quantitative estimate of drug-likeness (QED) is 0.435. The Hall–Kier alpha value is -2.86. The molecule has 5 rings (SSSR count). The highest BCUT2D eigenvalue weighted by Gasteiger charge is 2.26. The molecule has 0 spiro atoms. The van der Waals surface area contributed by atoms with Crippen molar-refractivity contribution >= 4 is 26.7 Å². The first-order valence-corrected chi connectivity index (χ1v) is 10.4. The molecule has 0 atom stereocenters. The Labute approximate surface area is 176 Å². The van der Waals surface area contributed by atoms with E-state index in [1.165, 1.54) is 12.8 Å². The van der Waals surface area contributed by atoms with E-state index in [9.17, 15) is 4.79 Å². The number of imidazole rings is 1. The first-order valence-electron chi connectivity index (χ1n) is 9.62. The standard InChI is InChI=1S/C23H20BrN3O2/c1-29-18-6-2-15(3-7-18)12-26-9-8-17-10-20(24)22(11-19(17)23(26)28)27-13-21(25-14-27)16-4-5-16/h2-3,6-11,13-14,16H,4-5,12H2,1H3. The number of aromatic nitrogens is 3. The molecule has 1 aliphatic carbocycles. The van der Waals surface area contributed by atoms with Crippen LogP contribution in [0.4, 0.5) is 0 Å². The van der Waals surface area contributed by atoms with Gasteiger partial charge in [0.25, 0.3) is 5.56 Å². The third-order valence-corrected chi connectivity index (χ3v) is 6.07. The van der Waals surface area contributed by atoms with Crippen molar-refractivity contribution in [1.82, 2.24) is 14.1 Å². The molecule has 4 aromatic rings. The summed E-state index contributed by atoms with van der Waals surface area (Å²) in [5.41, 5.74) is 3.10. The summed E-state index contributed by atoms with van der Waals surface area (Å²) in [5, 5.41) is 1.61. The van der Waals surface area contributed by atoms with E-state index in [0.29, 0.717) is 17.8 Å². The Morgan fingerprint density at radius 3 is 2.69 bits per heavy atom. The lowest BCUT2D eigenvalue weighted by Gasteiger charge is -2.11. The van der Waals surface area contributed by atoms with E-state index in [0.717, 1.165) is 32.6 Å². The number of ether oxygens (including phenoxy) is 1. The van der Waals surface area contributed by atoms with Gasteiger partial charge in [-0.05, 0) is 70.1 Å². The van der Waals surface area contributed by atoms with E-state index >= 15 is 0 Å². The number of benzene rings is 2. The van der Waals surface area contributed by atoms with Crippen molar-refractivity contribution in [3.05, 3.63) is 87.3 Å². The average molecular weight is 450 g/mol. The van der Waals surface area contributed by atoms with Gasteiger partial charge in [-0.2, -0.15) is 0 Å². The molecule has 0 unspecified atom stereocenters. The van der Waals surface area contributed by atoms with Crippen LogP contribution in [0.3, 0.4) is 0 Å². The highest BCUT2D eigenvalue weighted by atomic mass is 79.9. The second-order valence-electron chi connectivity index (χ2n) is 7.47. The maximum Gasteiger partial charge on any atom is 0.258 e. The zero-order valence-corrected chi connectivity index (χ0v) is 17.6. The van der Waals surface area contributed by atoms with E-state index in [1.54, 1.807) is 11.7 Å². The van der Waals surface area contributed by atoms with E-state index < -0.39 is 0 Å². The van der Waals surface area contributed by atoms with Gasteiger partial charge in [-0.1, -0.05) is 12.1 Å². The predicted molar refractivity (Wildman–Crippen MR) is 117 cm³/mol. The molecule has 5 nitrogen and oxygen atoms in total. The average Bonchev–Trinajstić information content (AvgIpc) is 3.47. The summed E-state index contributed by atoms with van der Waals surface area (Å²) in [7, 11) is 1.65. The largest absolute Gasteiger partial charge is 0.497 e. The van der Waals surface area contributed by atoms with Crippen LogP contribution in [-0.2, 0) is 6.54 Å². The lowest BCUT2D eigenvalue weighted by atomic mass is 10.1. The molecule has 6 heteroatoms. The molecule has 0 amide bonds. The van der Waals surface area contributed by atoms with Gasteiger partial charge in [0.1, 0.15) is 5.75 Å². The van der Waals surface area contributed by atoms with Gasteiger partial charge >= 0.3 is 0 Å². The maximum absolute atomic E-state index is 13.2. The summed E-state index contributed by atoms with van der Waals surface area (Å²) in [6.07, 6.45) is 8.18. The van der Waals surface area contributed by atoms with Crippen molar-refractivity contribution in [2.24, 2.45) is 0 Å². The predicted octanol–water partition coefficient (Wildman–Crippen LogP) is 4.88. The summed E-state index contributed by atoms with van der Waals surface area (Å²) < 4.78 is 9.89. The van der Waals surface area contributed by atoms with E-state index in [1.807, 2.05) is 59.6 Å². The second kappa shape index (κ2) is 7.19. The summed E-state index contributed by atoms with van der Waals surface area (Å²) in [5.74, 6) is 1.40. The van der Waals surface area contributed by atoms with Gasteiger partial charge in [0, 0.05) is 28.2 Å². The number of pyridine rings is 1. The van der Waals surface area contributed by atoms with Gasteiger partial charge in [0.2, 0.25) is 0 Å². The van der Waals surface area contributed by atoms with Crippen molar-refractivity contribution in [2.75, 3.05) is 7.11 Å². The second-order valence-corrected chi connectivity index (χ2v) is 8.32. The van der Waals surface area contributed by atoms with Crippen LogP contribution in [0.2, 0.25) is 0 Å². The van der Waals surface area contributed by atoms with Gasteiger partial charge in [-0.25, -0.2) is 4.98 Å². The molecule has 0 saturated heterocycles. The molecule has 2 aromatic carbocycles. The number of halogens is 1. The first kappa shape index (κ1) is 18.2. The normalized spacial score (nSPS) is 13.7. The zero-order valence-electron chi connectivity index (χ0n) is 16.0. The molecule has 1 fully saturated rings. The number of methoxy groups -OCH3 is 1. The smallest absolute Gasteiger partial charge is 0.258 e. The molecule has 2 aromatic heterocycles. The van der Waals surface area contributed by atoms with Crippen molar-refractivity contribution in [1.29, 1.82) is 0 Å². The summed E-state index contributed by atoms with van der Waals surface area (Å²) in [6.45, 7) is 0.515. The van der Waals surface area contributed by atoms with E-state index in [2.05, 4.69) is 27.1 Å². The molecule has 2 heterocycles. The lowest BCUT2D eigenvalue weighted by molar-refractivity contribution is 0.414.